The second-order valence-corrected chi connectivity index (χ2v) is 6.68. The summed E-state index contributed by atoms with van der Waals surface area (Å²) in [6.07, 6.45) is 8.89. The van der Waals surface area contributed by atoms with Gasteiger partial charge < -0.3 is 15.2 Å². The molecule has 1 saturated carbocycles. The predicted octanol–water partition coefficient (Wildman–Crippen LogP) is 2.46. The molecule has 0 amide bonds. The highest BCUT2D eigenvalue weighted by molar-refractivity contribution is 5.46. The van der Waals surface area contributed by atoms with Gasteiger partial charge in [-0.3, -0.25) is 9.58 Å². The zero-order valence-corrected chi connectivity index (χ0v) is 14.2. The molecule has 6 nitrogen and oxygen atoms in total. The van der Waals surface area contributed by atoms with Gasteiger partial charge in [-0.15, -0.1) is 5.10 Å². The fourth-order valence-electron chi connectivity index (χ4n) is 3.63. The summed E-state index contributed by atoms with van der Waals surface area (Å²) in [5, 5.41) is 4.58. The third kappa shape index (κ3) is 4.18. The van der Waals surface area contributed by atoms with Crippen molar-refractivity contribution in [3.05, 3.63) is 6.20 Å². The Bertz CT molecular complexity index is 477. The Morgan fingerprint density at radius 2 is 1.91 bits per heavy atom. The van der Waals surface area contributed by atoms with Crippen LogP contribution in [0.15, 0.2) is 6.20 Å². The number of nitrogens with two attached hydrogens (primary N) is 1. The molecular weight excluding hydrogens is 292 g/mol. The van der Waals surface area contributed by atoms with Crippen LogP contribution < -0.4 is 10.5 Å². The summed E-state index contributed by atoms with van der Waals surface area (Å²) in [4.78, 5) is 2.59. The fourth-order valence-corrected chi connectivity index (χ4v) is 3.63. The van der Waals surface area contributed by atoms with Gasteiger partial charge in [-0.2, -0.15) is 0 Å². The minimum atomic E-state index is 0.457. The zero-order valence-electron chi connectivity index (χ0n) is 14.2. The summed E-state index contributed by atoms with van der Waals surface area (Å²) < 4.78 is 13.2. The Hall–Kier alpha value is -1.27. The maximum absolute atomic E-state index is 6.04. The van der Waals surface area contributed by atoms with Crippen LogP contribution in [-0.2, 0) is 4.74 Å². The van der Waals surface area contributed by atoms with Gasteiger partial charge in [0.05, 0.1) is 32.1 Å². The van der Waals surface area contributed by atoms with Crippen molar-refractivity contribution in [1.82, 2.24) is 14.7 Å². The van der Waals surface area contributed by atoms with Gasteiger partial charge in [0.2, 0.25) is 0 Å². The van der Waals surface area contributed by atoms with E-state index >= 15 is 0 Å². The molecule has 0 radical (unpaired) electrons. The maximum Gasteiger partial charge on any atom is 0.256 e. The molecule has 2 heterocycles. The molecule has 2 fully saturated rings. The number of hydrogen-bond acceptors (Lipinski definition) is 5. The molecule has 1 aromatic rings. The van der Waals surface area contributed by atoms with Crippen LogP contribution in [0.5, 0.6) is 5.88 Å². The molecule has 0 spiro atoms. The van der Waals surface area contributed by atoms with E-state index in [4.69, 9.17) is 15.2 Å². The molecule has 0 bridgehead atoms. The maximum atomic E-state index is 6.04. The summed E-state index contributed by atoms with van der Waals surface area (Å²) in [5.41, 5.74) is 6.71. The van der Waals surface area contributed by atoms with Crippen LogP contribution in [0.25, 0.3) is 0 Å². The molecule has 0 unspecified atom stereocenters. The van der Waals surface area contributed by atoms with Crippen LogP contribution in [0, 0.1) is 0 Å². The average molecular weight is 322 g/mol. The smallest absolute Gasteiger partial charge is 0.256 e. The average Bonchev–Trinajstić information content (AvgIpc) is 2.97. The fraction of sp³-hybridized carbons (Fsp3) is 0.824. The lowest BCUT2D eigenvalue weighted by atomic mass is 9.90. The molecule has 1 aliphatic heterocycles. The van der Waals surface area contributed by atoms with E-state index in [0.717, 1.165) is 52.0 Å². The number of nitrogen functional groups attached to an aromatic ring is 1. The first kappa shape index (κ1) is 16.6. The quantitative estimate of drug-likeness (QED) is 0.815. The van der Waals surface area contributed by atoms with Gasteiger partial charge >= 0.3 is 0 Å². The molecule has 3 rings (SSSR count). The predicted molar refractivity (Wildman–Crippen MR) is 90.7 cm³/mol. The van der Waals surface area contributed by atoms with Crippen molar-refractivity contribution in [3.8, 4) is 5.88 Å². The molecule has 0 atom stereocenters. The topological polar surface area (TPSA) is 65.5 Å². The third-order valence-corrected chi connectivity index (χ3v) is 5.06. The van der Waals surface area contributed by atoms with Gasteiger partial charge in [0, 0.05) is 19.1 Å². The van der Waals surface area contributed by atoms with Crippen LogP contribution in [0.2, 0.25) is 0 Å². The Labute approximate surface area is 138 Å². The van der Waals surface area contributed by atoms with Crippen LogP contribution >= 0.6 is 0 Å². The van der Waals surface area contributed by atoms with Crippen molar-refractivity contribution in [2.45, 2.75) is 57.5 Å². The van der Waals surface area contributed by atoms with E-state index < -0.39 is 0 Å². The lowest BCUT2D eigenvalue weighted by Crippen LogP contribution is -2.45. The van der Waals surface area contributed by atoms with Crippen molar-refractivity contribution in [2.24, 2.45) is 0 Å². The van der Waals surface area contributed by atoms with E-state index in [1.807, 2.05) is 10.9 Å². The summed E-state index contributed by atoms with van der Waals surface area (Å²) >= 11 is 0. The van der Waals surface area contributed by atoms with E-state index in [1.165, 1.54) is 12.8 Å². The van der Waals surface area contributed by atoms with Gasteiger partial charge in [0.25, 0.3) is 5.88 Å². The number of ether oxygens (including phenoxy) is 2. The minimum absolute atomic E-state index is 0.457. The van der Waals surface area contributed by atoms with E-state index in [0.29, 0.717) is 30.3 Å². The molecule has 1 aliphatic carbocycles. The highest BCUT2D eigenvalue weighted by Crippen LogP contribution is 2.33. The Morgan fingerprint density at radius 3 is 2.61 bits per heavy atom. The van der Waals surface area contributed by atoms with E-state index in [1.54, 1.807) is 0 Å². The Kier molecular flexibility index (Phi) is 5.78. The second-order valence-electron chi connectivity index (χ2n) is 6.68. The Morgan fingerprint density at radius 1 is 1.22 bits per heavy atom. The van der Waals surface area contributed by atoms with Crippen LogP contribution in [0.4, 0.5) is 5.69 Å². The molecule has 6 heteroatoms. The molecule has 1 saturated heterocycles. The summed E-state index contributed by atoms with van der Waals surface area (Å²) in [5.74, 6) is 0.605. The van der Waals surface area contributed by atoms with Gasteiger partial charge in [0.15, 0.2) is 0 Å². The molecule has 1 aromatic heterocycles. The highest BCUT2D eigenvalue weighted by atomic mass is 16.5. The Balaban J connectivity index is 1.52. The lowest BCUT2D eigenvalue weighted by molar-refractivity contribution is 0.00503. The molecule has 130 valence electrons. The SMILES string of the molecule is CCCCOc1nn(C2CCC(N3CCOCC3)CC2)cc1N. The minimum Gasteiger partial charge on any atom is -0.475 e. The van der Waals surface area contributed by atoms with Gasteiger partial charge in [-0.05, 0) is 32.1 Å². The number of anilines is 1. The van der Waals surface area contributed by atoms with Crippen molar-refractivity contribution in [2.75, 3.05) is 38.6 Å². The van der Waals surface area contributed by atoms with Crippen LogP contribution in [0.1, 0.15) is 51.5 Å². The van der Waals surface area contributed by atoms with Crippen molar-refractivity contribution >= 4 is 5.69 Å². The van der Waals surface area contributed by atoms with Crippen molar-refractivity contribution in [3.63, 3.8) is 0 Å². The van der Waals surface area contributed by atoms with E-state index in [9.17, 15) is 0 Å². The summed E-state index contributed by atoms with van der Waals surface area (Å²) in [7, 11) is 0. The van der Waals surface area contributed by atoms with E-state index in [2.05, 4.69) is 16.9 Å². The van der Waals surface area contributed by atoms with Gasteiger partial charge in [0.1, 0.15) is 5.69 Å². The number of nitrogens with zero attached hydrogens (tertiary/aromatic N) is 3. The zero-order chi connectivity index (χ0) is 16.1. The first-order chi connectivity index (χ1) is 11.3. The monoisotopic (exact) mass is 322 g/mol. The number of morpholine rings is 1. The first-order valence-corrected chi connectivity index (χ1v) is 9.07. The normalized spacial score (nSPS) is 26.3. The van der Waals surface area contributed by atoms with Gasteiger partial charge in [-0.25, -0.2) is 0 Å². The highest BCUT2D eigenvalue weighted by Gasteiger charge is 2.28. The third-order valence-electron chi connectivity index (χ3n) is 5.06. The molecule has 0 aromatic carbocycles. The molecule has 2 N–H and O–H groups in total. The summed E-state index contributed by atoms with van der Waals surface area (Å²) in [6, 6.07) is 1.17. The lowest BCUT2D eigenvalue weighted by Gasteiger charge is -2.38. The first-order valence-electron chi connectivity index (χ1n) is 9.07. The molecule has 2 aliphatic rings. The largest absolute Gasteiger partial charge is 0.475 e. The standard InChI is InChI=1S/C17H30N4O2/c1-2-3-10-23-17-16(18)13-21(19-17)15-6-4-14(5-7-15)20-8-11-22-12-9-20/h13-15H,2-12,18H2,1H3. The number of rotatable bonds is 6. The van der Waals surface area contributed by atoms with Crippen LogP contribution in [0.3, 0.4) is 0 Å². The second kappa shape index (κ2) is 8.02. The number of aromatic nitrogens is 2. The number of unbranched alkanes of at least 4 members (excludes halogenated alkanes) is 1. The van der Waals surface area contributed by atoms with Crippen molar-refractivity contribution in [1.29, 1.82) is 0 Å². The van der Waals surface area contributed by atoms with Gasteiger partial charge in [-0.1, -0.05) is 13.3 Å². The molecular formula is C17H30N4O2. The van der Waals surface area contributed by atoms with Crippen LogP contribution in [-0.4, -0.2) is 53.6 Å². The number of hydrogen-bond donors (Lipinski definition) is 1. The molecule has 23 heavy (non-hydrogen) atoms. The van der Waals surface area contributed by atoms with Crippen molar-refractivity contribution < 1.29 is 9.47 Å². The summed E-state index contributed by atoms with van der Waals surface area (Å²) in [6.45, 7) is 6.78. The van der Waals surface area contributed by atoms with E-state index in [-0.39, 0.29) is 0 Å².